The van der Waals surface area contributed by atoms with Gasteiger partial charge in [0.1, 0.15) is 5.82 Å². The lowest BCUT2D eigenvalue weighted by Crippen LogP contribution is -2.32. The highest BCUT2D eigenvalue weighted by atomic mass is 19.1. The van der Waals surface area contributed by atoms with Gasteiger partial charge >= 0.3 is 0 Å². The fourth-order valence-corrected chi connectivity index (χ4v) is 1.67. The van der Waals surface area contributed by atoms with Crippen molar-refractivity contribution in [3.63, 3.8) is 0 Å². The summed E-state index contributed by atoms with van der Waals surface area (Å²) in [6, 6.07) is 5.71. The van der Waals surface area contributed by atoms with Crippen LogP contribution in [-0.4, -0.2) is 16.6 Å². The minimum absolute atomic E-state index is 0.0368. The molecule has 4 heteroatoms. The van der Waals surface area contributed by atoms with Gasteiger partial charge in [0.2, 0.25) is 5.91 Å². The van der Waals surface area contributed by atoms with Gasteiger partial charge in [0.05, 0.1) is 5.60 Å². The molecule has 3 nitrogen and oxygen atoms in total. The van der Waals surface area contributed by atoms with Crippen LogP contribution in [0.3, 0.4) is 0 Å². The highest BCUT2D eigenvalue weighted by Gasteiger charge is 2.29. The van der Waals surface area contributed by atoms with Gasteiger partial charge in [-0.15, -0.1) is 0 Å². The normalized spacial score (nSPS) is 13.5. The predicted molar refractivity (Wildman–Crippen MR) is 59.3 cm³/mol. The molecule has 0 bridgehead atoms. The number of aliphatic hydroxyl groups is 1. The Kier molecular flexibility index (Phi) is 3.65. The van der Waals surface area contributed by atoms with Crippen LogP contribution < -0.4 is 5.73 Å². The van der Waals surface area contributed by atoms with Crippen molar-refractivity contribution in [3.8, 4) is 0 Å². The summed E-state index contributed by atoms with van der Waals surface area (Å²) in [5.41, 5.74) is 4.76. The Hall–Kier alpha value is -1.42. The molecule has 0 heterocycles. The van der Waals surface area contributed by atoms with Crippen molar-refractivity contribution in [3.05, 3.63) is 35.6 Å². The molecule has 0 aliphatic rings. The van der Waals surface area contributed by atoms with Crippen LogP contribution >= 0.6 is 0 Å². The molecule has 1 aromatic rings. The highest BCUT2D eigenvalue weighted by Crippen LogP contribution is 2.31. The quantitative estimate of drug-likeness (QED) is 0.816. The van der Waals surface area contributed by atoms with Crippen molar-refractivity contribution in [2.24, 2.45) is 5.73 Å². The molecule has 0 aliphatic carbocycles. The smallest absolute Gasteiger partial charge is 0.218 e. The van der Waals surface area contributed by atoms with Crippen molar-refractivity contribution in [1.82, 2.24) is 0 Å². The second-order valence-corrected chi connectivity index (χ2v) is 4.43. The Labute approximate surface area is 94.1 Å². The second kappa shape index (κ2) is 4.61. The highest BCUT2D eigenvalue weighted by molar-refractivity contribution is 5.75. The summed E-state index contributed by atoms with van der Waals surface area (Å²) in [5.74, 6) is -1.26. The first-order chi connectivity index (χ1) is 7.30. The lowest BCUT2D eigenvalue weighted by atomic mass is 9.82. The Balaban J connectivity index is 3.01. The first-order valence-electron chi connectivity index (χ1n) is 5.07. The Morgan fingerprint density at radius 3 is 2.31 bits per heavy atom. The van der Waals surface area contributed by atoms with Gasteiger partial charge in [-0.25, -0.2) is 4.39 Å². The maximum absolute atomic E-state index is 12.8. The van der Waals surface area contributed by atoms with E-state index in [1.807, 2.05) is 0 Å². The molecule has 0 aromatic heterocycles. The van der Waals surface area contributed by atoms with E-state index in [0.29, 0.717) is 5.56 Å². The summed E-state index contributed by atoms with van der Waals surface area (Å²) in [5, 5.41) is 9.95. The summed E-state index contributed by atoms with van der Waals surface area (Å²) in [7, 11) is 0. The standard InChI is InChI=1S/C12H16FNO2/c1-12(2,16)10(7-11(14)15)8-3-5-9(13)6-4-8/h3-6,10,16H,7H2,1-2H3,(H2,14,15)/t10-/m0/s1. The number of benzene rings is 1. The summed E-state index contributed by atoms with van der Waals surface area (Å²) >= 11 is 0. The number of hydrogen-bond donors (Lipinski definition) is 2. The van der Waals surface area contributed by atoms with Crippen LogP contribution in [0, 0.1) is 5.82 Å². The molecule has 0 fully saturated rings. The number of nitrogens with two attached hydrogens (primary N) is 1. The van der Waals surface area contributed by atoms with E-state index in [-0.39, 0.29) is 12.2 Å². The maximum Gasteiger partial charge on any atom is 0.218 e. The summed E-state index contributed by atoms with van der Waals surface area (Å²) in [4.78, 5) is 10.9. The molecule has 88 valence electrons. The molecule has 1 aromatic carbocycles. The fraction of sp³-hybridized carbons (Fsp3) is 0.417. The van der Waals surface area contributed by atoms with E-state index in [4.69, 9.17) is 5.73 Å². The van der Waals surface area contributed by atoms with Crippen molar-refractivity contribution in [1.29, 1.82) is 0 Å². The van der Waals surface area contributed by atoms with Crippen LogP contribution in [0.5, 0.6) is 0 Å². The van der Waals surface area contributed by atoms with E-state index in [1.54, 1.807) is 26.0 Å². The Morgan fingerprint density at radius 2 is 1.94 bits per heavy atom. The van der Waals surface area contributed by atoms with Crippen LogP contribution in [0.15, 0.2) is 24.3 Å². The van der Waals surface area contributed by atoms with Crippen molar-refractivity contribution in [2.45, 2.75) is 31.8 Å². The number of carbonyl (C=O) groups is 1. The average molecular weight is 225 g/mol. The largest absolute Gasteiger partial charge is 0.390 e. The van der Waals surface area contributed by atoms with Gasteiger partial charge in [0.25, 0.3) is 0 Å². The second-order valence-electron chi connectivity index (χ2n) is 4.43. The van der Waals surface area contributed by atoms with E-state index < -0.39 is 17.4 Å². The zero-order valence-corrected chi connectivity index (χ0v) is 9.40. The lowest BCUT2D eigenvalue weighted by Gasteiger charge is -2.28. The van der Waals surface area contributed by atoms with Crippen LogP contribution in [-0.2, 0) is 4.79 Å². The third kappa shape index (κ3) is 3.31. The molecule has 3 N–H and O–H groups in total. The number of primary amides is 1. The van der Waals surface area contributed by atoms with Crippen LogP contribution in [0.25, 0.3) is 0 Å². The van der Waals surface area contributed by atoms with E-state index in [0.717, 1.165) is 0 Å². The first-order valence-corrected chi connectivity index (χ1v) is 5.07. The van der Waals surface area contributed by atoms with Gasteiger partial charge in [-0.2, -0.15) is 0 Å². The number of halogens is 1. The molecule has 0 unspecified atom stereocenters. The SMILES string of the molecule is CC(C)(O)[C@@H](CC(N)=O)c1ccc(F)cc1. The van der Waals surface area contributed by atoms with E-state index in [9.17, 15) is 14.3 Å². The summed E-state index contributed by atoms with van der Waals surface area (Å²) < 4.78 is 12.8. The van der Waals surface area contributed by atoms with Gasteiger partial charge in [-0.1, -0.05) is 12.1 Å². The molecule has 1 amide bonds. The molecule has 16 heavy (non-hydrogen) atoms. The molecular weight excluding hydrogens is 209 g/mol. The molecule has 1 atom stereocenters. The van der Waals surface area contributed by atoms with Gasteiger partial charge < -0.3 is 10.8 Å². The van der Waals surface area contributed by atoms with Crippen molar-refractivity contribution < 1.29 is 14.3 Å². The average Bonchev–Trinajstić information content (AvgIpc) is 2.14. The zero-order valence-electron chi connectivity index (χ0n) is 9.40. The molecular formula is C12H16FNO2. The van der Waals surface area contributed by atoms with Gasteiger partial charge in [0.15, 0.2) is 0 Å². The minimum Gasteiger partial charge on any atom is -0.390 e. The number of hydrogen-bond acceptors (Lipinski definition) is 2. The number of amides is 1. The molecule has 0 saturated heterocycles. The maximum atomic E-state index is 12.8. The zero-order chi connectivity index (χ0) is 12.3. The van der Waals surface area contributed by atoms with E-state index >= 15 is 0 Å². The third-order valence-electron chi connectivity index (χ3n) is 2.53. The Bertz CT molecular complexity index is 368. The van der Waals surface area contributed by atoms with Crippen molar-refractivity contribution >= 4 is 5.91 Å². The fourth-order valence-electron chi connectivity index (χ4n) is 1.67. The van der Waals surface area contributed by atoms with Crippen LogP contribution in [0.2, 0.25) is 0 Å². The molecule has 0 aliphatic heterocycles. The predicted octanol–water partition coefficient (Wildman–Crippen LogP) is 1.56. The first kappa shape index (κ1) is 12.6. The molecule has 0 radical (unpaired) electrons. The Morgan fingerprint density at radius 1 is 1.44 bits per heavy atom. The van der Waals surface area contributed by atoms with E-state index in [2.05, 4.69) is 0 Å². The number of carbonyl (C=O) groups excluding carboxylic acids is 1. The molecule has 0 saturated carbocycles. The molecule has 0 spiro atoms. The number of rotatable bonds is 4. The summed E-state index contributed by atoms with van der Waals surface area (Å²) in [6.45, 7) is 3.20. The van der Waals surface area contributed by atoms with Gasteiger partial charge in [0, 0.05) is 12.3 Å². The topological polar surface area (TPSA) is 63.3 Å². The lowest BCUT2D eigenvalue weighted by molar-refractivity contribution is -0.119. The van der Waals surface area contributed by atoms with Crippen molar-refractivity contribution in [2.75, 3.05) is 0 Å². The van der Waals surface area contributed by atoms with Crippen LogP contribution in [0.4, 0.5) is 4.39 Å². The molecule has 1 rings (SSSR count). The van der Waals surface area contributed by atoms with E-state index in [1.165, 1.54) is 12.1 Å². The monoisotopic (exact) mass is 225 g/mol. The minimum atomic E-state index is -1.08. The van der Waals surface area contributed by atoms with Gasteiger partial charge in [-0.05, 0) is 31.5 Å². The van der Waals surface area contributed by atoms with Crippen LogP contribution in [0.1, 0.15) is 31.7 Å². The third-order valence-corrected chi connectivity index (χ3v) is 2.53. The van der Waals surface area contributed by atoms with Gasteiger partial charge in [-0.3, -0.25) is 4.79 Å². The summed E-state index contributed by atoms with van der Waals surface area (Å²) in [6.07, 6.45) is 0.0368.